The molecule has 92 valence electrons. The van der Waals surface area contributed by atoms with Crippen molar-refractivity contribution < 1.29 is 0 Å². The molecule has 1 atom stereocenters. The molecule has 0 saturated carbocycles. The normalized spacial score (nSPS) is 13.3. The van der Waals surface area contributed by atoms with Gasteiger partial charge in [-0.25, -0.2) is 0 Å². The first-order chi connectivity index (χ1) is 7.74. The monoisotopic (exact) mass is 224 g/mol. The van der Waals surface area contributed by atoms with Crippen molar-refractivity contribution >= 4 is 0 Å². The molecule has 1 aromatic heterocycles. The third-order valence-corrected chi connectivity index (χ3v) is 3.16. The lowest BCUT2D eigenvalue weighted by molar-refractivity contribution is 0.421. The quantitative estimate of drug-likeness (QED) is 0.550. The summed E-state index contributed by atoms with van der Waals surface area (Å²) in [5.74, 6) is 5.47. The zero-order valence-electron chi connectivity index (χ0n) is 10.6. The van der Waals surface area contributed by atoms with Crippen LogP contribution in [-0.4, -0.2) is 15.8 Å². The third kappa shape index (κ3) is 3.32. The van der Waals surface area contributed by atoms with E-state index < -0.39 is 0 Å². The molecule has 0 saturated heterocycles. The Morgan fingerprint density at radius 1 is 1.31 bits per heavy atom. The fraction of sp³-hybridized carbons (Fsp3) is 0.750. The van der Waals surface area contributed by atoms with Crippen LogP contribution in [0.25, 0.3) is 0 Å². The lowest BCUT2D eigenvalue weighted by atomic mass is 10.1. The van der Waals surface area contributed by atoms with Gasteiger partial charge in [0.05, 0.1) is 11.7 Å². The van der Waals surface area contributed by atoms with Crippen LogP contribution in [0.3, 0.4) is 0 Å². The molecule has 1 rings (SSSR count). The van der Waals surface area contributed by atoms with Crippen molar-refractivity contribution in [1.29, 1.82) is 0 Å². The molecule has 1 unspecified atom stereocenters. The van der Waals surface area contributed by atoms with Gasteiger partial charge in [-0.05, 0) is 25.3 Å². The Balaban J connectivity index is 2.63. The molecular formula is C12H24N4. The van der Waals surface area contributed by atoms with Gasteiger partial charge in [-0.2, -0.15) is 5.10 Å². The van der Waals surface area contributed by atoms with E-state index in [-0.39, 0.29) is 0 Å². The van der Waals surface area contributed by atoms with E-state index in [9.17, 15) is 0 Å². The third-order valence-electron chi connectivity index (χ3n) is 3.16. The number of nitrogens with one attached hydrogen (secondary N) is 1. The Morgan fingerprint density at radius 2 is 2.00 bits per heavy atom. The zero-order valence-corrected chi connectivity index (χ0v) is 10.6. The number of rotatable bonds is 7. The maximum absolute atomic E-state index is 5.47. The Labute approximate surface area is 98.2 Å². The molecule has 0 spiro atoms. The van der Waals surface area contributed by atoms with Crippen molar-refractivity contribution in [3.63, 3.8) is 0 Å². The molecule has 3 N–H and O–H groups in total. The van der Waals surface area contributed by atoms with Gasteiger partial charge in [-0.1, -0.05) is 20.8 Å². The molecule has 0 bridgehead atoms. The summed E-state index contributed by atoms with van der Waals surface area (Å²) in [6, 6.07) is 2.95. The van der Waals surface area contributed by atoms with Crippen LogP contribution in [0.2, 0.25) is 0 Å². The first kappa shape index (κ1) is 13.2. The van der Waals surface area contributed by atoms with E-state index in [1.807, 2.05) is 0 Å². The van der Waals surface area contributed by atoms with Crippen LogP contribution in [0.4, 0.5) is 0 Å². The Hall–Kier alpha value is -0.870. The van der Waals surface area contributed by atoms with Crippen LogP contribution < -0.4 is 11.3 Å². The molecule has 4 nitrogen and oxygen atoms in total. The van der Waals surface area contributed by atoms with Crippen molar-refractivity contribution in [2.24, 2.45) is 5.84 Å². The highest BCUT2D eigenvalue weighted by Gasteiger charge is 2.10. The van der Waals surface area contributed by atoms with Crippen molar-refractivity contribution in [2.45, 2.75) is 58.5 Å². The summed E-state index contributed by atoms with van der Waals surface area (Å²) in [6.45, 7) is 6.53. The first-order valence-corrected chi connectivity index (χ1v) is 6.25. The minimum Gasteiger partial charge on any atom is -0.271 e. The van der Waals surface area contributed by atoms with E-state index in [1.54, 1.807) is 0 Å². The average molecular weight is 224 g/mol. The van der Waals surface area contributed by atoms with Gasteiger partial charge in [0.25, 0.3) is 0 Å². The summed E-state index contributed by atoms with van der Waals surface area (Å²) in [5.41, 5.74) is 3.94. The number of nitrogens with two attached hydrogens (primary N) is 1. The molecule has 0 aliphatic rings. The van der Waals surface area contributed by atoms with E-state index in [0.29, 0.717) is 12.1 Å². The zero-order chi connectivity index (χ0) is 12.0. The minimum atomic E-state index is 0.324. The highest BCUT2D eigenvalue weighted by molar-refractivity contribution is 5.02. The summed E-state index contributed by atoms with van der Waals surface area (Å²) < 4.78 is 2.08. The van der Waals surface area contributed by atoms with Gasteiger partial charge < -0.3 is 0 Å². The van der Waals surface area contributed by atoms with Crippen LogP contribution in [0.5, 0.6) is 0 Å². The summed E-state index contributed by atoms with van der Waals surface area (Å²) in [4.78, 5) is 0. The summed E-state index contributed by atoms with van der Waals surface area (Å²) >= 11 is 0. The fourth-order valence-electron chi connectivity index (χ4n) is 1.93. The molecule has 0 fully saturated rings. The summed E-state index contributed by atoms with van der Waals surface area (Å²) in [5, 5.41) is 4.61. The lowest BCUT2D eigenvalue weighted by Gasteiger charge is -2.13. The predicted octanol–water partition coefficient (Wildman–Crippen LogP) is 2.03. The van der Waals surface area contributed by atoms with Gasteiger partial charge in [0.1, 0.15) is 0 Å². The van der Waals surface area contributed by atoms with Gasteiger partial charge in [-0.3, -0.25) is 16.0 Å². The van der Waals surface area contributed by atoms with E-state index in [0.717, 1.165) is 31.4 Å². The lowest BCUT2D eigenvalue weighted by Crippen LogP contribution is -2.36. The van der Waals surface area contributed by atoms with Crippen LogP contribution >= 0.6 is 0 Å². The van der Waals surface area contributed by atoms with Gasteiger partial charge in [-0.15, -0.1) is 0 Å². The smallest absolute Gasteiger partial charge is 0.0640 e. The number of aromatic nitrogens is 2. The van der Waals surface area contributed by atoms with E-state index in [1.165, 1.54) is 0 Å². The number of hydrazine groups is 1. The van der Waals surface area contributed by atoms with E-state index in [4.69, 9.17) is 5.84 Å². The standard InChI is InChI=1S/C12H24N4/c1-4-10(14-13)9-11-7-8-16(15-11)12(5-2)6-3/h7-8,10,12,14H,4-6,9,13H2,1-3H3. The van der Waals surface area contributed by atoms with Crippen LogP contribution in [-0.2, 0) is 6.42 Å². The Morgan fingerprint density at radius 3 is 2.50 bits per heavy atom. The molecule has 1 heterocycles. The Bertz CT molecular complexity index is 287. The first-order valence-electron chi connectivity index (χ1n) is 6.25. The molecule has 16 heavy (non-hydrogen) atoms. The number of nitrogens with zero attached hydrogens (tertiary/aromatic N) is 2. The Kier molecular flexibility index (Phi) is 5.49. The van der Waals surface area contributed by atoms with Crippen molar-refractivity contribution in [3.05, 3.63) is 18.0 Å². The maximum atomic E-state index is 5.47. The van der Waals surface area contributed by atoms with Crippen molar-refractivity contribution in [3.8, 4) is 0 Å². The summed E-state index contributed by atoms with van der Waals surface area (Å²) in [6.07, 6.45) is 6.26. The average Bonchev–Trinajstić information content (AvgIpc) is 2.76. The van der Waals surface area contributed by atoms with Crippen LogP contribution in [0.1, 0.15) is 51.8 Å². The number of hydrogen-bond donors (Lipinski definition) is 2. The molecule has 0 amide bonds. The molecule has 4 heteroatoms. The molecular weight excluding hydrogens is 200 g/mol. The molecule has 1 aromatic rings. The minimum absolute atomic E-state index is 0.324. The molecule has 0 aliphatic heterocycles. The SMILES string of the molecule is CCC(Cc1ccn(C(CC)CC)n1)NN. The summed E-state index contributed by atoms with van der Waals surface area (Å²) in [7, 11) is 0. The largest absolute Gasteiger partial charge is 0.271 e. The highest BCUT2D eigenvalue weighted by atomic mass is 15.3. The second-order valence-corrected chi connectivity index (χ2v) is 4.23. The van der Waals surface area contributed by atoms with Crippen molar-refractivity contribution in [2.75, 3.05) is 0 Å². The molecule has 0 aromatic carbocycles. The molecule has 0 aliphatic carbocycles. The predicted molar refractivity (Wildman–Crippen MR) is 67.0 cm³/mol. The molecule has 0 radical (unpaired) electrons. The second kappa shape index (κ2) is 6.66. The van der Waals surface area contributed by atoms with Crippen molar-refractivity contribution in [1.82, 2.24) is 15.2 Å². The number of hydrogen-bond acceptors (Lipinski definition) is 3. The second-order valence-electron chi connectivity index (χ2n) is 4.23. The van der Waals surface area contributed by atoms with E-state index >= 15 is 0 Å². The fourth-order valence-corrected chi connectivity index (χ4v) is 1.93. The topological polar surface area (TPSA) is 55.9 Å². The van der Waals surface area contributed by atoms with Crippen LogP contribution in [0, 0.1) is 0 Å². The van der Waals surface area contributed by atoms with Gasteiger partial charge >= 0.3 is 0 Å². The maximum Gasteiger partial charge on any atom is 0.0640 e. The van der Waals surface area contributed by atoms with Gasteiger partial charge in [0.2, 0.25) is 0 Å². The van der Waals surface area contributed by atoms with E-state index in [2.05, 4.69) is 48.2 Å². The van der Waals surface area contributed by atoms with Crippen LogP contribution in [0.15, 0.2) is 12.3 Å². The van der Waals surface area contributed by atoms with Gasteiger partial charge in [0.15, 0.2) is 0 Å². The highest BCUT2D eigenvalue weighted by Crippen LogP contribution is 2.15. The van der Waals surface area contributed by atoms with Gasteiger partial charge in [0, 0.05) is 18.7 Å².